The minimum atomic E-state index is -1.29. The third kappa shape index (κ3) is 1.78. The second-order valence-corrected chi connectivity index (χ2v) is 2.56. The Bertz CT molecular complexity index is 352. The van der Waals surface area contributed by atoms with Crippen LogP contribution >= 0.6 is 11.6 Å². The summed E-state index contributed by atoms with van der Waals surface area (Å²) in [6.45, 7) is 0. The van der Waals surface area contributed by atoms with Crippen LogP contribution in [0.3, 0.4) is 0 Å². The smallest absolute Gasteiger partial charge is 0.259 e. The summed E-state index contributed by atoms with van der Waals surface area (Å²) < 4.78 is 30.2. The molecule has 0 aliphatic carbocycles. The first-order chi connectivity index (χ1) is 6.07. The predicted molar refractivity (Wildman–Crippen MR) is 43.1 cm³/mol. The summed E-state index contributed by atoms with van der Waals surface area (Å²) in [6.07, 6.45) is 0. The number of rotatable bonds is 2. The van der Waals surface area contributed by atoms with E-state index >= 15 is 0 Å². The van der Waals surface area contributed by atoms with Gasteiger partial charge in [0.15, 0.2) is 11.6 Å². The maximum atomic E-state index is 12.9. The fourth-order valence-corrected chi connectivity index (χ4v) is 1.06. The van der Waals surface area contributed by atoms with Crippen LogP contribution in [0.4, 0.5) is 8.78 Å². The normalized spacial score (nSPS) is 9.85. The van der Waals surface area contributed by atoms with Crippen LogP contribution in [0, 0.1) is 11.6 Å². The van der Waals surface area contributed by atoms with Gasteiger partial charge in [-0.05, 0) is 23.7 Å². The predicted octanol–water partition coefficient (Wildman–Crippen LogP) is 2.35. The summed E-state index contributed by atoms with van der Waals surface area (Å²) in [7, 11) is 1.23. The highest BCUT2D eigenvalue weighted by molar-refractivity contribution is 6.68. The molecule has 0 saturated heterocycles. The molecule has 0 N–H and O–H groups in total. The van der Waals surface area contributed by atoms with Crippen molar-refractivity contribution in [2.75, 3.05) is 7.11 Å². The fraction of sp³-hybridized carbons (Fsp3) is 0.125. The molecular formula is C8H5ClF2O2. The summed E-state index contributed by atoms with van der Waals surface area (Å²) in [4.78, 5) is 10.7. The van der Waals surface area contributed by atoms with Crippen LogP contribution in [0.2, 0.25) is 0 Å². The Labute approximate surface area is 78.1 Å². The molecule has 1 rings (SSSR count). The van der Waals surface area contributed by atoms with Crippen molar-refractivity contribution in [3.63, 3.8) is 0 Å². The van der Waals surface area contributed by atoms with Crippen LogP contribution in [0.1, 0.15) is 10.4 Å². The van der Waals surface area contributed by atoms with Crippen molar-refractivity contribution in [2.24, 2.45) is 0 Å². The Hall–Kier alpha value is -1.16. The van der Waals surface area contributed by atoms with Crippen molar-refractivity contribution in [3.8, 4) is 5.75 Å². The number of halogens is 3. The standard InChI is InChI=1S/C8H5ClF2O2/c1-13-5-3-2-4(10)7(11)6(5)8(9)12/h2-3H,1H3. The molecule has 0 heterocycles. The molecule has 0 unspecified atom stereocenters. The van der Waals surface area contributed by atoms with E-state index in [0.29, 0.717) is 0 Å². The summed E-state index contributed by atoms with van der Waals surface area (Å²) in [5, 5.41) is -1.09. The summed E-state index contributed by atoms with van der Waals surface area (Å²) in [6, 6.07) is 1.99. The van der Waals surface area contributed by atoms with Gasteiger partial charge in [-0.25, -0.2) is 8.78 Å². The van der Waals surface area contributed by atoms with Gasteiger partial charge in [-0.1, -0.05) is 0 Å². The molecule has 5 heteroatoms. The van der Waals surface area contributed by atoms with Gasteiger partial charge in [-0.3, -0.25) is 4.79 Å². The molecule has 0 saturated carbocycles. The van der Waals surface area contributed by atoms with Crippen LogP contribution in [0.15, 0.2) is 12.1 Å². The van der Waals surface area contributed by atoms with Gasteiger partial charge in [0, 0.05) is 0 Å². The van der Waals surface area contributed by atoms with Gasteiger partial charge in [0.1, 0.15) is 11.3 Å². The minimum absolute atomic E-state index is 0.0844. The zero-order chi connectivity index (χ0) is 10.0. The van der Waals surface area contributed by atoms with Gasteiger partial charge < -0.3 is 4.74 Å². The number of benzene rings is 1. The number of hydrogen-bond acceptors (Lipinski definition) is 2. The third-order valence-corrected chi connectivity index (χ3v) is 1.66. The molecule has 0 spiro atoms. The van der Waals surface area contributed by atoms with E-state index < -0.39 is 22.4 Å². The number of ether oxygens (including phenoxy) is 1. The van der Waals surface area contributed by atoms with Gasteiger partial charge in [-0.15, -0.1) is 0 Å². The molecule has 0 aliphatic heterocycles. The van der Waals surface area contributed by atoms with E-state index in [4.69, 9.17) is 11.6 Å². The zero-order valence-electron chi connectivity index (χ0n) is 6.61. The Balaban J connectivity index is 3.41. The highest BCUT2D eigenvalue weighted by atomic mass is 35.5. The third-order valence-electron chi connectivity index (χ3n) is 1.47. The molecule has 0 aromatic heterocycles. The molecule has 1 aromatic rings. The first kappa shape index (κ1) is 9.92. The van der Waals surface area contributed by atoms with E-state index in [1.54, 1.807) is 0 Å². The highest BCUT2D eigenvalue weighted by Gasteiger charge is 2.19. The van der Waals surface area contributed by atoms with E-state index in [2.05, 4.69) is 4.74 Å². The van der Waals surface area contributed by atoms with Gasteiger partial charge >= 0.3 is 0 Å². The van der Waals surface area contributed by atoms with Crippen molar-refractivity contribution >= 4 is 16.8 Å². The van der Waals surface area contributed by atoms with E-state index in [1.807, 2.05) is 0 Å². The monoisotopic (exact) mass is 206 g/mol. The second kappa shape index (κ2) is 3.70. The molecular weight excluding hydrogens is 202 g/mol. The SMILES string of the molecule is COc1ccc(F)c(F)c1C(=O)Cl. The summed E-state index contributed by atoms with van der Waals surface area (Å²) in [5.41, 5.74) is -0.579. The number of carbonyl (C=O) groups is 1. The molecule has 0 amide bonds. The summed E-state index contributed by atoms with van der Waals surface area (Å²) >= 11 is 5.04. The Morgan fingerprint density at radius 3 is 2.54 bits per heavy atom. The summed E-state index contributed by atoms with van der Waals surface area (Å²) in [5.74, 6) is -2.51. The molecule has 0 atom stereocenters. The lowest BCUT2D eigenvalue weighted by Gasteiger charge is -2.05. The Morgan fingerprint density at radius 1 is 1.46 bits per heavy atom. The minimum Gasteiger partial charge on any atom is -0.496 e. The molecule has 70 valence electrons. The van der Waals surface area contributed by atoms with Crippen molar-refractivity contribution in [1.82, 2.24) is 0 Å². The number of methoxy groups -OCH3 is 1. The van der Waals surface area contributed by atoms with Gasteiger partial charge in [-0.2, -0.15) is 0 Å². The van der Waals surface area contributed by atoms with E-state index in [1.165, 1.54) is 7.11 Å². The number of carbonyl (C=O) groups excluding carboxylic acids is 1. The van der Waals surface area contributed by atoms with Crippen molar-refractivity contribution < 1.29 is 18.3 Å². The van der Waals surface area contributed by atoms with Gasteiger partial charge in [0.05, 0.1) is 7.11 Å². The topological polar surface area (TPSA) is 26.3 Å². The molecule has 2 nitrogen and oxygen atoms in total. The van der Waals surface area contributed by atoms with Crippen LogP contribution in [-0.4, -0.2) is 12.4 Å². The maximum Gasteiger partial charge on any atom is 0.259 e. The Kier molecular flexibility index (Phi) is 2.83. The molecule has 0 radical (unpaired) electrons. The van der Waals surface area contributed by atoms with Crippen molar-refractivity contribution in [2.45, 2.75) is 0 Å². The average molecular weight is 207 g/mol. The second-order valence-electron chi connectivity index (χ2n) is 2.21. The van der Waals surface area contributed by atoms with E-state index in [-0.39, 0.29) is 5.75 Å². The van der Waals surface area contributed by atoms with Crippen LogP contribution in [-0.2, 0) is 0 Å². The van der Waals surface area contributed by atoms with Gasteiger partial charge in [0.2, 0.25) is 0 Å². The lowest BCUT2D eigenvalue weighted by molar-refractivity contribution is 0.107. The first-order valence-corrected chi connectivity index (χ1v) is 3.67. The number of hydrogen-bond donors (Lipinski definition) is 0. The maximum absolute atomic E-state index is 12.9. The van der Waals surface area contributed by atoms with E-state index in [0.717, 1.165) is 12.1 Å². The fourth-order valence-electron chi connectivity index (χ4n) is 0.886. The lowest BCUT2D eigenvalue weighted by atomic mass is 10.2. The first-order valence-electron chi connectivity index (χ1n) is 3.29. The van der Waals surface area contributed by atoms with Crippen molar-refractivity contribution in [1.29, 1.82) is 0 Å². The lowest BCUT2D eigenvalue weighted by Crippen LogP contribution is -2.01. The molecule has 0 bridgehead atoms. The Morgan fingerprint density at radius 2 is 2.08 bits per heavy atom. The molecule has 0 fully saturated rings. The van der Waals surface area contributed by atoms with Crippen LogP contribution < -0.4 is 4.74 Å². The molecule has 0 aliphatic rings. The largest absolute Gasteiger partial charge is 0.496 e. The van der Waals surface area contributed by atoms with Crippen molar-refractivity contribution in [3.05, 3.63) is 29.3 Å². The average Bonchev–Trinajstić information content (AvgIpc) is 2.08. The highest BCUT2D eigenvalue weighted by Crippen LogP contribution is 2.24. The van der Waals surface area contributed by atoms with Crippen LogP contribution in [0.25, 0.3) is 0 Å². The van der Waals surface area contributed by atoms with Crippen LogP contribution in [0.5, 0.6) is 5.75 Å². The zero-order valence-corrected chi connectivity index (χ0v) is 7.36. The van der Waals surface area contributed by atoms with E-state index in [9.17, 15) is 13.6 Å². The molecule has 13 heavy (non-hydrogen) atoms. The quantitative estimate of drug-likeness (QED) is 0.695. The molecule has 1 aromatic carbocycles. The van der Waals surface area contributed by atoms with Gasteiger partial charge in [0.25, 0.3) is 5.24 Å².